The number of ether oxygens (including phenoxy) is 1. The zero-order valence-corrected chi connectivity index (χ0v) is 12.6. The van der Waals surface area contributed by atoms with Crippen LogP contribution < -0.4 is 0 Å². The summed E-state index contributed by atoms with van der Waals surface area (Å²) in [5, 5.41) is 1.14. The van der Waals surface area contributed by atoms with E-state index in [-0.39, 0.29) is 12.3 Å². The fraction of sp³-hybridized carbons (Fsp3) is 0.118. The standard InChI is InChI=1S/C17H13ClFNO2/c1-2-22-17(21)16-14(10-6-3-4-9-13(10)19)11-7-5-8-12(18)15(11)20-16/h3-9,20H,2H2,1H3. The van der Waals surface area contributed by atoms with Gasteiger partial charge in [0.1, 0.15) is 11.5 Å². The number of hydrogen-bond donors (Lipinski definition) is 1. The molecule has 1 N–H and O–H groups in total. The molecule has 0 amide bonds. The van der Waals surface area contributed by atoms with Gasteiger partial charge in [-0.1, -0.05) is 41.9 Å². The first kappa shape index (κ1) is 14.6. The number of carbonyl (C=O) groups is 1. The maximum absolute atomic E-state index is 14.2. The van der Waals surface area contributed by atoms with Gasteiger partial charge < -0.3 is 9.72 Å². The summed E-state index contributed by atoms with van der Waals surface area (Å²) in [7, 11) is 0. The van der Waals surface area contributed by atoms with Crippen LogP contribution in [0.4, 0.5) is 4.39 Å². The van der Waals surface area contributed by atoms with Gasteiger partial charge in [-0.2, -0.15) is 0 Å². The van der Waals surface area contributed by atoms with Crippen molar-refractivity contribution in [2.75, 3.05) is 6.61 Å². The molecule has 0 saturated heterocycles. The highest BCUT2D eigenvalue weighted by Crippen LogP contribution is 2.36. The average Bonchev–Trinajstić information content (AvgIpc) is 2.89. The van der Waals surface area contributed by atoms with Gasteiger partial charge in [-0.25, -0.2) is 9.18 Å². The van der Waals surface area contributed by atoms with Crippen LogP contribution in [0.3, 0.4) is 0 Å². The van der Waals surface area contributed by atoms with Crippen molar-refractivity contribution in [2.24, 2.45) is 0 Å². The number of para-hydroxylation sites is 1. The molecule has 0 saturated carbocycles. The Morgan fingerprint density at radius 3 is 2.73 bits per heavy atom. The number of halogens is 2. The van der Waals surface area contributed by atoms with Gasteiger partial charge >= 0.3 is 5.97 Å². The van der Waals surface area contributed by atoms with E-state index in [1.54, 1.807) is 43.3 Å². The molecule has 112 valence electrons. The van der Waals surface area contributed by atoms with E-state index in [1.807, 2.05) is 0 Å². The fourth-order valence-corrected chi connectivity index (χ4v) is 2.70. The normalized spacial score (nSPS) is 10.9. The number of carbonyl (C=O) groups excluding carboxylic acids is 1. The van der Waals surface area contributed by atoms with Crippen molar-refractivity contribution in [3.05, 3.63) is 59.0 Å². The first-order chi connectivity index (χ1) is 10.6. The van der Waals surface area contributed by atoms with Crippen molar-refractivity contribution in [3.8, 4) is 11.1 Å². The van der Waals surface area contributed by atoms with Crippen LogP contribution in [0, 0.1) is 5.82 Å². The molecule has 0 aliphatic carbocycles. The Labute approximate surface area is 131 Å². The lowest BCUT2D eigenvalue weighted by atomic mass is 10.0. The second-order valence-corrected chi connectivity index (χ2v) is 5.14. The molecule has 0 unspecified atom stereocenters. The van der Waals surface area contributed by atoms with Gasteiger partial charge in [-0.15, -0.1) is 0 Å². The summed E-state index contributed by atoms with van der Waals surface area (Å²) in [6.45, 7) is 1.95. The number of hydrogen-bond acceptors (Lipinski definition) is 2. The molecule has 22 heavy (non-hydrogen) atoms. The van der Waals surface area contributed by atoms with E-state index in [9.17, 15) is 9.18 Å². The maximum atomic E-state index is 14.2. The van der Waals surface area contributed by atoms with Crippen LogP contribution in [0.2, 0.25) is 5.02 Å². The Bertz CT molecular complexity index is 857. The Kier molecular flexibility index (Phi) is 3.86. The molecule has 2 aromatic carbocycles. The van der Waals surface area contributed by atoms with Gasteiger partial charge in [-0.05, 0) is 19.1 Å². The minimum Gasteiger partial charge on any atom is -0.461 e. The Hall–Kier alpha value is -2.33. The molecule has 0 aliphatic rings. The van der Waals surface area contributed by atoms with Crippen LogP contribution in [0.1, 0.15) is 17.4 Å². The zero-order valence-electron chi connectivity index (χ0n) is 11.8. The number of aromatic nitrogens is 1. The lowest BCUT2D eigenvalue weighted by molar-refractivity contribution is 0.0521. The summed E-state index contributed by atoms with van der Waals surface area (Å²) in [4.78, 5) is 15.2. The van der Waals surface area contributed by atoms with Gasteiger partial charge in [0.2, 0.25) is 0 Å². The quantitative estimate of drug-likeness (QED) is 0.705. The number of nitrogens with one attached hydrogen (secondary N) is 1. The molecule has 0 fully saturated rings. The fourth-order valence-electron chi connectivity index (χ4n) is 2.48. The van der Waals surface area contributed by atoms with Gasteiger partial charge in [-0.3, -0.25) is 0 Å². The molecule has 0 aliphatic heterocycles. The number of aromatic amines is 1. The SMILES string of the molecule is CCOC(=O)c1[nH]c2c(Cl)cccc2c1-c1ccccc1F. The van der Waals surface area contributed by atoms with Crippen LogP contribution in [0.5, 0.6) is 0 Å². The van der Waals surface area contributed by atoms with Gasteiger partial charge in [0.25, 0.3) is 0 Å². The Balaban J connectivity index is 2.35. The van der Waals surface area contributed by atoms with Crippen LogP contribution in [-0.4, -0.2) is 17.6 Å². The zero-order chi connectivity index (χ0) is 15.7. The highest BCUT2D eigenvalue weighted by molar-refractivity contribution is 6.35. The summed E-state index contributed by atoms with van der Waals surface area (Å²) in [6, 6.07) is 11.6. The molecule has 0 radical (unpaired) electrons. The molecular formula is C17H13ClFNO2. The van der Waals surface area contributed by atoms with Crippen molar-refractivity contribution in [1.29, 1.82) is 0 Å². The summed E-state index contributed by atoms with van der Waals surface area (Å²) in [5.74, 6) is -0.943. The topological polar surface area (TPSA) is 42.1 Å². The van der Waals surface area contributed by atoms with Gasteiger partial charge in [0.05, 0.1) is 17.1 Å². The van der Waals surface area contributed by atoms with Crippen molar-refractivity contribution in [3.63, 3.8) is 0 Å². The van der Waals surface area contributed by atoms with E-state index >= 15 is 0 Å². The van der Waals surface area contributed by atoms with E-state index < -0.39 is 11.8 Å². The largest absolute Gasteiger partial charge is 0.461 e. The second kappa shape index (κ2) is 5.81. The minimum atomic E-state index is -0.534. The average molecular weight is 318 g/mol. The number of rotatable bonds is 3. The molecule has 3 nitrogen and oxygen atoms in total. The molecule has 0 bridgehead atoms. The first-order valence-corrected chi connectivity index (χ1v) is 7.23. The Morgan fingerprint density at radius 2 is 2.00 bits per heavy atom. The lowest BCUT2D eigenvalue weighted by Gasteiger charge is -2.06. The van der Waals surface area contributed by atoms with E-state index in [0.29, 0.717) is 27.1 Å². The maximum Gasteiger partial charge on any atom is 0.355 e. The Morgan fingerprint density at radius 1 is 1.23 bits per heavy atom. The summed E-state index contributed by atoms with van der Waals surface area (Å²) in [5.41, 5.74) is 1.59. The lowest BCUT2D eigenvalue weighted by Crippen LogP contribution is -2.06. The van der Waals surface area contributed by atoms with Crippen LogP contribution in [0.25, 0.3) is 22.0 Å². The monoisotopic (exact) mass is 317 g/mol. The molecule has 1 aromatic heterocycles. The summed E-state index contributed by atoms with van der Waals surface area (Å²) in [6.07, 6.45) is 0. The van der Waals surface area contributed by atoms with E-state index in [1.165, 1.54) is 6.07 Å². The van der Waals surface area contributed by atoms with Crippen LogP contribution >= 0.6 is 11.6 Å². The number of fused-ring (bicyclic) bond motifs is 1. The molecule has 3 rings (SSSR count). The number of H-pyrrole nitrogens is 1. The number of esters is 1. The van der Waals surface area contributed by atoms with Gasteiger partial charge in [0.15, 0.2) is 0 Å². The van der Waals surface area contributed by atoms with Crippen molar-refractivity contribution < 1.29 is 13.9 Å². The smallest absolute Gasteiger partial charge is 0.355 e. The van der Waals surface area contributed by atoms with Crippen molar-refractivity contribution >= 4 is 28.5 Å². The first-order valence-electron chi connectivity index (χ1n) is 6.85. The van der Waals surface area contributed by atoms with Crippen molar-refractivity contribution in [1.82, 2.24) is 4.98 Å². The minimum absolute atomic E-state index is 0.204. The highest BCUT2D eigenvalue weighted by Gasteiger charge is 2.22. The van der Waals surface area contributed by atoms with E-state index in [0.717, 1.165) is 0 Å². The second-order valence-electron chi connectivity index (χ2n) is 4.74. The van der Waals surface area contributed by atoms with E-state index in [2.05, 4.69) is 4.98 Å². The van der Waals surface area contributed by atoms with Crippen molar-refractivity contribution in [2.45, 2.75) is 6.92 Å². The summed E-state index contributed by atoms with van der Waals surface area (Å²) >= 11 is 6.17. The van der Waals surface area contributed by atoms with Gasteiger partial charge in [0, 0.05) is 16.5 Å². The highest BCUT2D eigenvalue weighted by atomic mass is 35.5. The van der Waals surface area contributed by atoms with Crippen LogP contribution in [0.15, 0.2) is 42.5 Å². The molecular weight excluding hydrogens is 305 g/mol. The predicted molar refractivity (Wildman–Crippen MR) is 84.7 cm³/mol. The molecule has 0 spiro atoms. The summed E-state index contributed by atoms with van der Waals surface area (Å²) < 4.78 is 19.3. The molecule has 1 heterocycles. The molecule has 5 heteroatoms. The van der Waals surface area contributed by atoms with Crippen LogP contribution in [-0.2, 0) is 4.74 Å². The number of benzene rings is 2. The van der Waals surface area contributed by atoms with E-state index in [4.69, 9.17) is 16.3 Å². The third kappa shape index (κ3) is 2.35. The third-order valence-electron chi connectivity index (χ3n) is 3.41. The molecule has 0 atom stereocenters. The third-order valence-corrected chi connectivity index (χ3v) is 3.72. The predicted octanol–water partition coefficient (Wildman–Crippen LogP) is 4.80. The molecule has 3 aromatic rings.